The normalized spacial score (nSPS) is 21.8. The van der Waals surface area contributed by atoms with E-state index in [-0.39, 0.29) is 22.9 Å². The van der Waals surface area contributed by atoms with Gasteiger partial charge in [-0.05, 0) is 56.9 Å². The molecular formula is C18H23N5O3S. The zero-order chi connectivity index (χ0) is 19.3. The van der Waals surface area contributed by atoms with Gasteiger partial charge in [-0.2, -0.15) is 5.10 Å². The molecule has 2 aliphatic rings. The summed E-state index contributed by atoms with van der Waals surface area (Å²) >= 11 is 0. The molecule has 0 saturated carbocycles. The Kier molecular flexibility index (Phi) is 4.31. The van der Waals surface area contributed by atoms with Crippen molar-refractivity contribution >= 4 is 21.6 Å². The van der Waals surface area contributed by atoms with Crippen molar-refractivity contribution in [2.75, 3.05) is 4.90 Å². The Morgan fingerprint density at radius 2 is 2.11 bits per heavy atom. The van der Waals surface area contributed by atoms with Crippen LogP contribution in [0.1, 0.15) is 49.9 Å². The number of nitrogens with one attached hydrogen (secondary N) is 1. The van der Waals surface area contributed by atoms with E-state index in [1.165, 1.54) is 6.92 Å². The summed E-state index contributed by atoms with van der Waals surface area (Å²) in [7, 11) is -3.70. The molecule has 0 saturated heterocycles. The highest BCUT2D eigenvalue weighted by molar-refractivity contribution is 7.89. The maximum Gasteiger partial charge on any atom is 0.241 e. The van der Waals surface area contributed by atoms with Crippen LogP contribution in [0.2, 0.25) is 0 Å². The van der Waals surface area contributed by atoms with Crippen molar-refractivity contribution in [1.29, 1.82) is 0 Å². The summed E-state index contributed by atoms with van der Waals surface area (Å²) in [6.45, 7) is 6.05. The molecule has 0 bridgehead atoms. The number of amides is 1. The van der Waals surface area contributed by atoms with Crippen LogP contribution in [0.15, 0.2) is 23.1 Å². The molecule has 3 heterocycles. The molecule has 0 aliphatic carbocycles. The fraction of sp³-hybridized carbons (Fsp3) is 0.500. The van der Waals surface area contributed by atoms with E-state index in [0.717, 1.165) is 24.2 Å². The van der Waals surface area contributed by atoms with Crippen molar-refractivity contribution in [3.05, 3.63) is 35.4 Å². The van der Waals surface area contributed by atoms with E-state index in [2.05, 4.69) is 14.8 Å². The molecule has 0 radical (unpaired) electrons. The van der Waals surface area contributed by atoms with Crippen molar-refractivity contribution in [3.63, 3.8) is 0 Å². The van der Waals surface area contributed by atoms with Gasteiger partial charge in [0.05, 0.1) is 10.9 Å². The minimum absolute atomic E-state index is 0.0308. The second-order valence-corrected chi connectivity index (χ2v) is 9.00. The second kappa shape index (κ2) is 6.42. The maximum absolute atomic E-state index is 13.0. The summed E-state index contributed by atoms with van der Waals surface area (Å²) in [5.74, 6) is 1.28. The maximum atomic E-state index is 13.0. The number of sulfonamides is 1. The fourth-order valence-corrected chi connectivity index (χ4v) is 5.37. The predicted molar refractivity (Wildman–Crippen MR) is 99.8 cm³/mol. The molecule has 2 aromatic rings. The van der Waals surface area contributed by atoms with Crippen LogP contribution in [0.3, 0.4) is 0 Å². The van der Waals surface area contributed by atoms with Gasteiger partial charge >= 0.3 is 0 Å². The van der Waals surface area contributed by atoms with Gasteiger partial charge in [0.2, 0.25) is 15.9 Å². The van der Waals surface area contributed by atoms with E-state index < -0.39 is 10.0 Å². The minimum atomic E-state index is -3.70. The first-order valence-corrected chi connectivity index (χ1v) is 10.6. The molecule has 0 fully saturated rings. The van der Waals surface area contributed by atoms with Crippen molar-refractivity contribution in [2.45, 2.75) is 63.6 Å². The number of nitrogens with zero attached hydrogens (tertiary/aromatic N) is 4. The number of hydrogen-bond acceptors (Lipinski definition) is 5. The summed E-state index contributed by atoms with van der Waals surface area (Å²) in [5, 5.41) is 4.32. The third-order valence-electron chi connectivity index (χ3n) is 5.19. The van der Waals surface area contributed by atoms with Crippen LogP contribution in [-0.4, -0.2) is 35.1 Å². The number of aryl methyl sites for hydroxylation is 2. The first-order valence-electron chi connectivity index (χ1n) is 9.12. The van der Waals surface area contributed by atoms with Crippen LogP contribution >= 0.6 is 0 Å². The predicted octanol–water partition coefficient (Wildman–Crippen LogP) is 1.70. The van der Waals surface area contributed by atoms with E-state index in [1.54, 1.807) is 34.7 Å². The van der Waals surface area contributed by atoms with E-state index in [4.69, 9.17) is 0 Å². The molecule has 144 valence electrons. The zero-order valence-electron chi connectivity index (χ0n) is 15.6. The molecule has 2 aliphatic heterocycles. The number of aromatic nitrogens is 3. The van der Waals surface area contributed by atoms with Gasteiger partial charge in [-0.1, -0.05) is 0 Å². The molecule has 0 unspecified atom stereocenters. The standard InChI is InChI=1S/C18H23N5O3S/c1-11-9-14-10-15(6-7-17(14)23(11)13(3)24)27(25,26)21-16-5-4-8-22-18(16)19-12(2)20-22/h6-7,10-11,16,21H,4-5,8-9H2,1-3H3/t11-,16+/m0/s1. The summed E-state index contributed by atoms with van der Waals surface area (Å²) < 4.78 is 30.5. The van der Waals surface area contributed by atoms with E-state index in [1.807, 2.05) is 6.92 Å². The molecule has 1 amide bonds. The minimum Gasteiger partial charge on any atom is -0.309 e. The molecule has 8 nitrogen and oxygen atoms in total. The Labute approximate surface area is 158 Å². The number of carbonyl (C=O) groups excluding carboxylic acids is 1. The Morgan fingerprint density at radius 1 is 1.33 bits per heavy atom. The lowest BCUT2D eigenvalue weighted by Crippen LogP contribution is -2.33. The number of fused-ring (bicyclic) bond motifs is 2. The highest BCUT2D eigenvalue weighted by atomic mass is 32.2. The Hall–Kier alpha value is -2.26. The molecule has 9 heteroatoms. The molecule has 1 aromatic carbocycles. The molecule has 2 atom stereocenters. The largest absolute Gasteiger partial charge is 0.309 e. The smallest absolute Gasteiger partial charge is 0.241 e. The van der Waals surface area contributed by atoms with Crippen LogP contribution in [-0.2, 0) is 27.8 Å². The summed E-state index contributed by atoms with van der Waals surface area (Å²) in [6, 6.07) is 4.61. The second-order valence-electron chi connectivity index (χ2n) is 7.29. The third-order valence-corrected chi connectivity index (χ3v) is 6.66. The van der Waals surface area contributed by atoms with Crippen molar-refractivity contribution in [1.82, 2.24) is 19.5 Å². The monoisotopic (exact) mass is 389 g/mol. The Morgan fingerprint density at radius 3 is 2.85 bits per heavy atom. The number of carbonyl (C=O) groups is 1. The third kappa shape index (κ3) is 3.14. The van der Waals surface area contributed by atoms with Gasteiger partial charge in [0.25, 0.3) is 0 Å². The van der Waals surface area contributed by atoms with Crippen molar-refractivity contribution in [3.8, 4) is 0 Å². The van der Waals surface area contributed by atoms with Gasteiger partial charge in [-0.15, -0.1) is 0 Å². The van der Waals surface area contributed by atoms with Gasteiger partial charge in [0.1, 0.15) is 11.6 Å². The highest BCUT2D eigenvalue weighted by Gasteiger charge is 2.32. The lowest BCUT2D eigenvalue weighted by molar-refractivity contribution is -0.116. The summed E-state index contributed by atoms with van der Waals surface area (Å²) in [5.41, 5.74) is 1.67. The SMILES string of the molecule is CC(=O)N1c2ccc(S(=O)(=O)N[C@@H]3CCCn4nc(C)nc43)cc2C[C@@H]1C. The van der Waals surface area contributed by atoms with Gasteiger partial charge in [0.15, 0.2) is 0 Å². The number of rotatable bonds is 3. The average Bonchev–Trinajstić information content (AvgIpc) is 3.12. The van der Waals surface area contributed by atoms with E-state index in [0.29, 0.717) is 24.5 Å². The van der Waals surface area contributed by atoms with Crippen molar-refractivity contribution in [2.24, 2.45) is 0 Å². The van der Waals surface area contributed by atoms with Crippen LogP contribution in [0.25, 0.3) is 0 Å². The van der Waals surface area contributed by atoms with Gasteiger partial charge in [0, 0.05) is 25.2 Å². The van der Waals surface area contributed by atoms with Gasteiger partial charge in [-0.25, -0.2) is 22.8 Å². The van der Waals surface area contributed by atoms with E-state index in [9.17, 15) is 13.2 Å². The zero-order valence-corrected chi connectivity index (χ0v) is 16.5. The number of anilines is 1. The first-order chi connectivity index (χ1) is 12.8. The van der Waals surface area contributed by atoms with Crippen LogP contribution in [0.4, 0.5) is 5.69 Å². The lowest BCUT2D eigenvalue weighted by Gasteiger charge is -2.23. The molecule has 4 rings (SSSR count). The lowest BCUT2D eigenvalue weighted by atomic mass is 10.1. The van der Waals surface area contributed by atoms with Crippen LogP contribution in [0.5, 0.6) is 0 Å². The molecule has 1 aromatic heterocycles. The quantitative estimate of drug-likeness (QED) is 0.862. The fourth-order valence-electron chi connectivity index (χ4n) is 4.09. The Bertz CT molecular complexity index is 1010. The summed E-state index contributed by atoms with van der Waals surface area (Å²) in [4.78, 5) is 18.2. The molecule has 27 heavy (non-hydrogen) atoms. The van der Waals surface area contributed by atoms with Gasteiger partial charge < -0.3 is 4.90 Å². The molecule has 0 spiro atoms. The number of hydrogen-bond donors (Lipinski definition) is 1. The average molecular weight is 389 g/mol. The van der Waals surface area contributed by atoms with Crippen LogP contribution in [0, 0.1) is 6.92 Å². The molecular weight excluding hydrogens is 366 g/mol. The highest BCUT2D eigenvalue weighted by Crippen LogP contribution is 2.34. The topological polar surface area (TPSA) is 97.2 Å². The van der Waals surface area contributed by atoms with Gasteiger partial charge in [-0.3, -0.25) is 4.79 Å². The van der Waals surface area contributed by atoms with Crippen LogP contribution < -0.4 is 9.62 Å². The summed E-state index contributed by atoms with van der Waals surface area (Å²) in [6.07, 6.45) is 2.19. The first kappa shape index (κ1) is 18.1. The Balaban J connectivity index is 1.63. The molecule has 1 N–H and O–H groups in total. The van der Waals surface area contributed by atoms with E-state index >= 15 is 0 Å². The van der Waals surface area contributed by atoms with Crippen molar-refractivity contribution < 1.29 is 13.2 Å². The number of benzene rings is 1.